The van der Waals surface area contributed by atoms with Crippen molar-refractivity contribution in [1.82, 2.24) is 15.5 Å². The zero-order valence-electron chi connectivity index (χ0n) is 12.3. The maximum Gasteiger partial charge on any atom is 0.233 e. The van der Waals surface area contributed by atoms with Crippen molar-refractivity contribution < 1.29 is 4.74 Å². The van der Waals surface area contributed by atoms with Crippen LogP contribution in [0.4, 0.5) is 0 Å². The first-order valence-electron chi connectivity index (χ1n) is 7.53. The van der Waals surface area contributed by atoms with Crippen LogP contribution in [-0.4, -0.2) is 23.3 Å². The maximum atomic E-state index is 5.57. The molecule has 19 heavy (non-hydrogen) atoms. The molecule has 4 nitrogen and oxygen atoms in total. The largest absolute Gasteiger partial charge is 0.477 e. The molecule has 0 atom stereocenters. The number of aromatic nitrogens is 2. The third kappa shape index (κ3) is 7.78. The molecule has 1 aromatic rings. The minimum atomic E-state index is 0.634. The third-order valence-corrected chi connectivity index (χ3v) is 2.93. The normalized spacial score (nSPS) is 10.6. The van der Waals surface area contributed by atoms with Crippen molar-refractivity contribution in [2.24, 2.45) is 0 Å². The Labute approximate surface area is 117 Å². The number of unbranched alkanes of at least 4 members (excludes halogenated alkanes) is 4. The van der Waals surface area contributed by atoms with Crippen LogP contribution in [0.5, 0.6) is 5.88 Å². The number of rotatable bonds is 11. The van der Waals surface area contributed by atoms with E-state index in [1.165, 1.54) is 25.7 Å². The Bertz CT molecular complexity index is 314. The topological polar surface area (TPSA) is 47.0 Å². The summed E-state index contributed by atoms with van der Waals surface area (Å²) in [5, 5.41) is 11.5. The van der Waals surface area contributed by atoms with Gasteiger partial charge in [0.05, 0.1) is 12.3 Å². The quantitative estimate of drug-likeness (QED) is 0.623. The molecule has 1 rings (SSSR count). The lowest BCUT2D eigenvalue weighted by Crippen LogP contribution is -2.15. The zero-order chi connectivity index (χ0) is 13.8. The van der Waals surface area contributed by atoms with Gasteiger partial charge in [0.1, 0.15) is 0 Å². The van der Waals surface area contributed by atoms with Crippen molar-refractivity contribution in [1.29, 1.82) is 0 Å². The van der Waals surface area contributed by atoms with Crippen LogP contribution >= 0.6 is 0 Å². The molecule has 0 aliphatic carbocycles. The van der Waals surface area contributed by atoms with Crippen LogP contribution < -0.4 is 10.1 Å². The van der Waals surface area contributed by atoms with E-state index in [1.54, 1.807) is 0 Å². The lowest BCUT2D eigenvalue weighted by Gasteiger charge is -2.05. The summed E-state index contributed by atoms with van der Waals surface area (Å²) in [6.07, 6.45) is 7.36. The molecule has 1 aromatic heterocycles. The average molecular weight is 265 g/mol. The Hall–Kier alpha value is -1.16. The summed E-state index contributed by atoms with van der Waals surface area (Å²) < 4.78 is 5.57. The number of nitrogens with one attached hydrogen (secondary N) is 1. The highest BCUT2D eigenvalue weighted by molar-refractivity contribution is 5.11. The molecule has 4 heteroatoms. The number of hydrogen-bond donors (Lipinski definition) is 1. The molecule has 0 fully saturated rings. The molecule has 0 unspecified atom stereocenters. The molecule has 0 radical (unpaired) electrons. The fourth-order valence-corrected chi connectivity index (χ4v) is 1.79. The standard InChI is InChI=1S/C15H27N3O/c1-3-5-6-7-8-12-19-15-10-9-14(17-18-15)13-16-11-4-2/h9-10,16H,3-8,11-13H2,1-2H3. The summed E-state index contributed by atoms with van der Waals surface area (Å²) in [6.45, 7) is 6.90. The van der Waals surface area contributed by atoms with Gasteiger partial charge in [-0.25, -0.2) is 0 Å². The predicted octanol–water partition coefficient (Wildman–Crippen LogP) is 3.33. The Morgan fingerprint density at radius 3 is 2.53 bits per heavy atom. The molecular formula is C15H27N3O. The van der Waals surface area contributed by atoms with Gasteiger partial charge in [0, 0.05) is 12.6 Å². The van der Waals surface area contributed by atoms with Crippen LogP contribution in [0, 0.1) is 0 Å². The van der Waals surface area contributed by atoms with Crippen molar-refractivity contribution >= 4 is 0 Å². The molecule has 1 heterocycles. The van der Waals surface area contributed by atoms with E-state index >= 15 is 0 Å². The summed E-state index contributed by atoms with van der Waals surface area (Å²) in [7, 11) is 0. The van der Waals surface area contributed by atoms with Gasteiger partial charge in [-0.15, -0.1) is 5.10 Å². The van der Waals surface area contributed by atoms with Gasteiger partial charge in [0.25, 0.3) is 0 Å². The molecule has 0 saturated carbocycles. The molecule has 0 amide bonds. The van der Waals surface area contributed by atoms with E-state index in [0.29, 0.717) is 5.88 Å². The zero-order valence-corrected chi connectivity index (χ0v) is 12.3. The van der Waals surface area contributed by atoms with E-state index in [1.807, 2.05) is 12.1 Å². The van der Waals surface area contributed by atoms with E-state index in [9.17, 15) is 0 Å². The summed E-state index contributed by atoms with van der Waals surface area (Å²) in [6, 6.07) is 3.88. The second-order valence-corrected chi connectivity index (χ2v) is 4.80. The first-order chi connectivity index (χ1) is 9.36. The van der Waals surface area contributed by atoms with Crippen LogP contribution in [0.15, 0.2) is 12.1 Å². The number of nitrogens with zero attached hydrogens (tertiary/aromatic N) is 2. The Morgan fingerprint density at radius 2 is 1.84 bits per heavy atom. The highest BCUT2D eigenvalue weighted by atomic mass is 16.5. The fraction of sp³-hybridized carbons (Fsp3) is 0.733. The molecular weight excluding hydrogens is 238 g/mol. The van der Waals surface area contributed by atoms with E-state index in [2.05, 4.69) is 29.4 Å². The third-order valence-electron chi connectivity index (χ3n) is 2.93. The van der Waals surface area contributed by atoms with E-state index in [0.717, 1.165) is 38.2 Å². The lowest BCUT2D eigenvalue weighted by molar-refractivity contribution is 0.289. The van der Waals surface area contributed by atoms with Crippen molar-refractivity contribution in [3.05, 3.63) is 17.8 Å². The summed E-state index contributed by atoms with van der Waals surface area (Å²) in [5.41, 5.74) is 0.962. The number of hydrogen-bond acceptors (Lipinski definition) is 4. The van der Waals surface area contributed by atoms with Crippen LogP contribution in [0.2, 0.25) is 0 Å². The van der Waals surface area contributed by atoms with E-state index in [4.69, 9.17) is 4.74 Å². The molecule has 108 valence electrons. The second kappa shape index (κ2) is 10.7. The second-order valence-electron chi connectivity index (χ2n) is 4.80. The van der Waals surface area contributed by atoms with Gasteiger partial charge >= 0.3 is 0 Å². The van der Waals surface area contributed by atoms with Crippen LogP contribution in [0.25, 0.3) is 0 Å². The molecule has 0 spiro atoms. The van der Waals surface area contributed by atoms with E-state index < -0.39 is 0 Å². The van der Waals surface area contributed by atoms with Crippen molar-refractivity contribution in [2.45, 2.75) is 58.9 Å². The van der Waals surface area contributed by atoms with Crippen molar-refractivity contribution in [3.8, 4) is 5.88 Å². The van der Waals surface area contributed by atoms with Gasteiger partial charge in [-0.2, -0.15) is 5.10 Å². The molecule has 0 saturated heterocycles. The SMILES string of the molecule is CCCCCCCOc1ccc(CNCCC)nn1. The molecule has 0 bridgehead atoms. The molecule has 1 N–H and O–H groups in total. The lowest BCUT2D eigenvalue weighted by atomic mass is 10.2. The van der Waals surface area contributed by atoms with Gasteiger partial charge in [-0.1, -0.05) is 39.5 Å². The van der Waals surface area contributed by atoms with E-state index in [-0.39, 0.29) is 0 Å². The molecule has 0 aliphatic heterocycles. The van der Waals surface area contributed by atoms with Gasteiger partial charge in [-0.3, -0.25) is 0 Å². The monoisotopic (exact) mass is 265 g/mol. The van der Waals surface area contributed by atoms with Crippen LogP contribution in [0.1, 0.15) is 58.1 Å². The first kappa shape index (κ1) is 15.9. The van der Waals surface area contributed by atoms with Gasteiger partial charge in [0.15, 0.2) is 0 Å². The summed E-state index contributed by atoms with van der Waals surface area (Å²) in [5.74, 6) is 0.634. The van der Waals surface area contributed by atoms with Crippen molar-refractivity contribution in [3.63, 3.8) is 0 Å². The Balaban J connectivity index is 2.13. The first-order valence-corrected chi connectivity index (χ1v) is 7.53. The fourth-order valence-electron chi connectivity index (χ4n) is 1.79. The Morgan fingerprint density at radius 1 is 1.00 bits per heavy atom. The number of ether oxygens (including phenoxy) is 1. The average Bonchev–Trinajstić information content (AvgIpc) is 2.44. The summed E-state index contributed by atoms with van der Waals surface area (Å²) in [4.78, 5) is 0. The van der Waals surface area contributed by atoms with Crippen LogP contribution in [0.3, 0.4) is 0 Å². The highest BCUT2D eigenvalue weighted by Crippen LogP contribution is 2.07. The minimum Gasteiger partial charge on any atom is -0.477 e. The molecule has 0 aromatic carbocycles. The van der Waals surface area contributed by atoms with Gasteiger partial charge in [0.2, 0.25) is 5.88 Å². The van der Waals surface area contributed by atoms with Crippen LogP contribution in [-0.2, 0) is 6.54 Å². The Kier molecular flexibility index (Phi) is 8.98. The maximum absolute atomic E-state index is 5.57. The van der Waals surface area contributed by atoms with Crippen molar-refractivity contribution in [2.75, 3.05) is 13.2 Å². The molecule has 0 aliphatic rings. The summed E-state index contributed by atoms with van der Waals surface area (Å²) >= 11 is 0. The highest BCUT2D eigenvalue weighted by Gasteiger charge is 1.98. The minimum absolute atomic E-state index is 0.634. The smallest absolute Gasteiger partial charge is 0.233 e. The van der Waals surface area contributed by atoms with Gasteiger partial charge in [-0.05, 0) is 25.5 Å². The van der Waals surface area contributed by atoms with Gasteiger partial charge < -0.3 is 10.1 Å². The predicted molar refractivity (Wildman–Crippen MR) is 78.3 cm³/mol.